The van der Waals surface area contributed by atoms with Crippen LogP contribution in [0.5, 0.6) is 0 Å². The summed E-state index contributed by atoms with van der Waals surface area (Å²) in [5, 5.41) is 0. The molecule has 0 saturated carbocycles. The quantitative estimate of drug-likeness (QED) is 0.709. The van der Waals surface area contributed by atoms with E-state index in [0.29, 0.717) is 6.04 Å². The summed E-state index contributed by atoms with van der Waals surface area (Å²) >= 11 is 0. The zero-order chi connectivity index (χ0) is 9.90. The van der Waals surface area contributed by atoms with E-state index < -0.39 is 0 Å². The van der Waals surface area contributed by atoms with Crippen LogP contribution in [-0.4, -0.2) is 31.1 Å². The Morgan fingerprint density at radius 1 is 1.31 bits per heavy atom. The van der Waals surface area contributed by atoms with Gasteiger partial charge in [0.2, 0.25) is 0 Å². The third kappa shape index (κ3) is 2.68. The van der Waals surface area contributed by atoms with E-state index in [1.807, 2.05) is 0 Å². The maximum atomic E-state index is 5.82. The lowest BCUT2D eigenvalue weighted by Gasteiger charge is -2.38. The van der Waals surface area contributed by atoms with Crippen LogP contribution in [0.3, 0.4) is 0 Å². The van der Waals surface area contributed by atoms with Crippen molar-refractivity contribution in [1.82, 2.24) is 4.90 Å². The van der Waals surface area contributed by atoms with Crippen molar-refractivity contribution < 1.29 is 0 Å². The fourth-order valence-electron chi connectivity index (χ4n) is 2.38. The molecule has 1 heterocycles. The average molecular weight is 184 g/mol. The third-order valence-electron chi connectivity index (χ3n) is 3.45. The Hall–Kier alpha value is -0.0800. The topological polar surface area (TPSA) is 29.3 Å². The van der Waals surface area contributed by atoms with E-state index >= 15 is 0 Å². The van der Waals surface area contributed by atoms with Gasteiger partial charge in [-0.1, -0.05) is 26.7 Å². The second-order valence-electron chi connectivity index (χ2n) is 5.04. The predicted octanol–water partition coefficient (Wildman–Crippen LogP) is 1.85. The van der Waals surface area contributed by atoms with Gasteiger partial charge in [-0.3, -0.25) is 0 Å². The zero-order valence-electron chi connectivity index (χ0n) is 9.34. The highest BCUT2D eigenvalue weighted by molar-refractivity contribution is 4.87. The summed E-state index contributed by atoms with van der Waals surface area (Å²) < 4.78 is 0. The first-order chi connectivity index (χ1) is 6.08. The van der Waals surface area contributed by atoms with Crippen molar-refractivity contribution in [3.05, 3.63) is 0 Å². The van der Waals surface area contributed by atoms with Crippen LogP contribution in [0, 0.1) is 5.41 Å². The molecular weight excluding hydrogens is 160 g/mol. The van der Waals surface area contributed by atoms with Gasteiger partial charge < -0.3 is 10.6 Å². The Balaban J connectivity index is 2.63. The number of nitrogens with zero attached hydrogens (tertiary/aromatic N) is 1. The summed E-state index contributed by atoms with van der Waals surface area (Å²) in [4.78, 5) is 2.50. The minimum absolute atomic E-state index is 0.277. The van der Waals surface area contributed by atoms with Crippen LogP contribution in [-0.2, 0) is 0 Å². The molecule has 1 unspecified atom stereocenters. The fourth-order valence-corrected chi connectivity index (χ4v) is 2.38. The van der Waals surface area contributed by atoms with Crippen LogP contribution >= 0.6 is 0 Å². The molecule has 1 atom stereocenters. The van der Waals surface area contributed by atoms with Gasteiger partial charge in [-0.05, 0) is 38.4 Å². The average Bonchev–Trinajstić information content (AvgIpc) is 2.30. The van der Waals surface area contributed by atoms with Crippen molar-refractivity contribution in [2.75, 3.05) is 20.1 Å². The molecule has 1 rings (SSSR count). The Morgan fingerprint density at radius 2 is 2.00 bits per heavy atom. The van der Waals surface area contributed by atoms with Gasteiger partial charge in [-0.2, -0.15) is 0 Å². The van der Waals surface area contributed by atoms with Crippen LogP contribution in [0.4, 0.5) is 0 Å². The van der Waals surface area contributed by atoms with Gasteiger partial charge in [0.1, 0.15) is 0 Å². The van der Waals surface area contributed by atoms with Crippen LogP contribution < -0.4 is 5.73 Å². The van der Waals surface area contributed by atoms with Crippen molar-refractivity contribution in [3.8, 4) is 0 Å². The minimum atomic E-state index is 0.277. The predicted molar refractivity (Wildman–Crippen MR) is 57.7 cm³/mol. The number of hydrogen-bond acceptors (Lipinski definition) is 2. The van der Waals surface area contributed by atoms with Crippen molar-refractivity contribution >= 4 is 0 Å². The van der Waals surface area contributed by atoms with E-state index in [4.69, 9.17) is 5.73 Å². The van der Waals surface area contributed by atoms with Crippen molar-refractivity contribution in [3.63, 3.8) is 0 Å². The molecule has 13 heavy (non-hydrogen) atoms. The first-order valence-electron chi connectivity index (χ1n) is 5.48. The summed E-state index contributed by atoms with van der Waals surface area (Å²) in [6, 6.07) is 0.681. The molecule has 0 aromatic heterocycles. The number of rotatable bonds is 2. The first-order valence-corrected chi connectivity index (χ1v) is 5.48. The molecule has 0 aromatic rings. The van der Waals surface area contributed by atoms with Crippen LogP contribution in [0.2, 0.25) is 0 Å². The molecule has 0 bridgehead atoms. The van der Waals surface area contributed by atoms with Crippen LogP contribution in [0.25, 0.3) is 0 Å². The third-order valence-corrected chi connectivity index (χ3v) is 3.45. The molecule has 0 aromatic carbocycles. The summed E-state index contributed by atoms with van der Waals surface area (Å²) in [5.41, 5.74) is 6.10. The van der Waals surface area contributed by atoms with E-state index in [1.54, 1.807) is 0 Å². The second kappa shape index (κ2) is 4.43. The standard InChI is InChI=1S/C11H24N2/c1-11(2,9-12)10-7-5-4-6-8-13(10)3/h10H,4-9,12H2,1-3H3. The Bertz CT molecular complexity index is 154. The molecule has 0 aliphatic carbocycles. The monoisotopic (exact) mass is 184 g/mol. The van der Waals surface area contributed by atoms with Gasteiger partial charge in [-0.25, -0.2) is 0 Å². The molecule has 78 valence electrons. The van der Waals surface area contributed by atoms with Gasteiger partial charge in [0.05, 0.1) is 0 Å². The molecule has 2 heteroatoms. The minimum Gasteiger partial charge on any atom is -0.330 e. The molecule has 0 spiro atoms. The van der Waals surface area contributed by atoms with E-state index in [0.717, 1.165) is 6.54 Å². The summed E-state index contributed by atoms with van der Waals surface area (Å²) in [7, 11) is 2.24. The van der Waals surface area contributed by atoms with E-state index in [1.165, 1.54) is 32.2 Å². The Labute approximate surface area is 82.5 Å². The largest absolute Gasteiger partial charge is 0.330 e. The number of nitrogens with two attached hydrogens (primary N) is 1. The van der Waals surface area contributed by atoms with Crippen LogP contribution in [0.15, 0.2) is 0 Å². The van der Waals surface area contributed by atoms with Gasteiger partial charge in [0.15, 0.2) is 0 Å². The highest BCUT2D eigenvalue weighted by Crippen LogP contribution is 2.29. The molecule has 0 amide bonds. The highest BCUT2D eigenvalue weighted by atomic mass is 15.1. The van der Waals surface area contributed by atoms with Crippen LogP contribution in [0.1, 0.15) is 39.5 Å². The summed E-state index contributed by atoms with van der Waals surface area (Å²) in [5.74, 6) is 0. The Kier molecular flexibility index (Phi) is 3.74. The summed E-state index contributed by atoms with van der Waals surface area (Å²) in [6.07, 6.45) is 5.44. The SMILES string of the molecule is CN1CCCCCC1C(C)(C)CN. The van der Waals surface area contributed by atoms with Crippen molar-refractivity contribution in [2.45, 2.75) is 45.6 Å². The van der Waals surface area contributed by atoms with Gasteiger partial charge in [0.25, 0.3) is 0 Å². The lowest BCUT2D eigenvalue weighted by molar-refractivity contribution is 0.118. The van der Waals surface area contributed by atoms with E-state index in [-0.39, 0.29) is 5.41 Å². The Morgan fingerprint density at radius 3 is 2.62 bits per heavy atom. The molecule has 1 fully saturated rings. The van der Waals surface area contributed by atoms with Crippen molar-refractivity contribution in [2.24, 2.45) is 11.1 Å². The highest BCUT2D eigenvalue weighted by Gasteiger charge is 2.31. The van der Waals surface area contributed by atoms with E-state index in [9.17, 15) is 0 Å². The molecule has 1 aliphatic rings. The molecule has 0 radical (unpaired) electrons. The van der Waals surface area contributed by atoms with Crippen molar-refractivity contribution in [1.29, 1.82) is 0 Å². The maximum Gasteiger partial charge on any atom is 0.0155 e. The maximum absolute atomic E-state index is 5.82. The number of hydrogen-bond donors (Lipinski definition) is 1. The zero-order valence-corrected chi connectivity index (χ0v) is 9.34. The van der Waals surface area contributed by atoms with Gasteiger partial charge >= 0.3 is 0 Å². The van der Waals surface area contributed by atoms with Gasteiger partial charge in [0, 0.05) is 6.04 Å². The number of likely N-dealkylation sites (tertiary alicyclic amines) is 1. The molecule has 2 nitrogen and oxygen atoms in total. The summed E-state index contributed by atoms with van der Waals surface area (Å²) in [6.45, 7) is 6.62. The fraction of sp³-hybridized carbons (Fsp3) is 1.00. The van der Waals surface area contributed by atoms with Gasteiger partial charge in [-0.15, -0.1) is 0 Å². The van der Waals surface area contributed by atoms with E-state index in [2.05, 4.69) is 25.8 Å². The lowest BCUT2D eigenvalue weighted by atomic mass is 9.81. The lowest BCUT2D eigenvalue weighted by Crippen LogP contribution is -2.46. The molecular formula is C11H24N2. The molecule has 2 N–H and O–H groups in total. The molecule has 1 saturated heterocycles. The first kappa shape index (κ1) is 11.0. The smallest absolute Gasteiger partial charge is 0.0155 e. The second-order valence-corrected chi connectivity index (χ2v) is 5.04. The molecule has 1 aliphatic heterocycles. The normalized spacial score (nSPS) is 27.2.